The van der Waals surface area contributed by atoms with Crippen LogP contribution in [0.25, 0.3) is 0 Å². The third-order valence-corrected chi connectivity index (χ3v) is 3.09. The lowest BCUT2D eigenvalue weighted by molar-refractivity contribution is -0.305. The van der Waals surface area contributed by atoms with Crippen molar-refractivity contribution in [2.45, 2.75) is 19.4 Å². The number of aromatic nitrogens is 2. The molecule has 0 aliphatic heterocycles. The molecule has 0 aliphatic carbocycles. The number of amides is 1. The van der Waals surface area contributed by atoms with Gasteiger partial charge in [0.1, 0.15) is 5.75 Å². The Morgan fingerprint density at radius 3 is 2.96 bits per heavy atom. The number of carbonyl (C=O) groups excluding carboxylic acids is 2. The number of halogens is 1. The number of anilines is 1. The maximum atomic E-state index is 11.8. The number of carboxylic acids is 1. The molecule has 1 amide bonds. The van der Waals surface area contributed by atoms with E-state index < -0.39 is 5.97 Å². The van der Waals surface area contributed by atoms with Gasteiger partial charge in [0.2, 0.25) is 0 Å². The largest absolute Gasteiger partial charge is 0.550 e. The van der Waals surface area contributed by atoms with Crippen LogP contribution in [0.4, 0.5) is 5.69 Å². The van der Waals surface area contributed by atoms with Gasteiger partial charge in [0.25, 0.3) is 5.91 Å². The van der Waals surface area contributed by atoms with E-state index in [1.54, 1.807) is 35.1 Å². The average molecular weight is 337 g/mol. The van der Waals surface area contributed by atoms with Crippen LogP contribution in [0.15, 0.2) is 36.7 Å². The van der Waals surface area contributed by atoms with Crippen LogP contribution < -0.4 is 15.2 Å². The van der Waals surface area contributed by atoms with Gasteiger partial charge >= 0.3 is 0 Å². The molecule has 1 aromatic heterocycles. The van der Waals surface area contributed by atoms with E-state index in [9.17, 15) is 14.7 Å². The molecule has 122 valence electrons. The van der Waals surface area contributed by atoms with Crippen molar-refractivity contribution in [3.8, 4) is 5.75 Å². The first-order chi connectivity index (χ1) is 11.0. The van der Waals surface area contributed by atoms with E-state index in [1.807, 2.05) is 0 Å². The van der Waals surface area contributed by atoms with Gasteiger partial charge in [-0.1, -0.05) is 17.7 Å². The number of ether oxygens (including phenoxy) is 1. The summed E-state index contributed by atoms with van der Waals surface area (Å²) in [7, 11) is 0. The van der Waals surface area contributed by atoms with Gasteiger partial charge in [0, 0.05) is 23.7 Å². The number of rotatable bonds is 8. The Hall–Kier alpha value is -2.54. The van der Waals surface area contributed by atoms with E-state index in [0.29, 0.717) is 29.4 Å². The predicted molar refractivity (Wildman–Crippen MR) is 82.0 cm³/mol. The number of aryl methyl sites for hydroxylation is 1. The summed E-state index contributed by atoms with van der Waals surface area (Å²) >= 11 is 5.82. The fourth-order valence-corrected chi connectivity index (χ4v) is 2.02. The average Bonchev–Trinajstić information content (AvgIpc) is 2.92. The molecule has 7 nitrogen and oxygen atoms in total. The maximum Gasteiger partial charge on any atom is 0.262 e. The van der Waals surface area contributed by atoms with Crippen LogP contribution in [0.1, 0.15) is 12.8 Å². The summed E-state index contributed by atoms with van der Waals surface area (Å²) in [6, 6.07) is 6.76. The SMILES string of the molecule is O=C([O-])CCCn1cc(NC(=O)COc2cccc(Cl)c2)cn1. The van der Waals surface area contributed by atoms with Crippen LogP contribution in [0.3, 0.4) is 0 Å². The Bertz CT molecular complexity index is 687. The first-order valence-electron chi connectivity index (χ1n) is 6.93. The lowest BCUT2D eigenvalue weighted by Crippen LogP contribution is -2.22. The Labute approximate surface area is 137 Å². The first-order valence-corrected chi connectivity index (χ1v) is 7.31. The van der Waals surface area contributed by atoms with E-state index in [4.69, 9.17) is 16.3 Å². The number of carboxylic acid groups (broad SMARTS) is 1. The van der Waals surface area contributed by atoms with Gasteiger partial charge in [-0.25, -0.2) is 0 Å². The smallest absolute Gasteiger partial charge is 0.262 e. The molecule has 0 radical (unpaired) electrons. The van der Waals surface area contributed by atoms with Crippen LogP contribution in [0, 0.1) is 0 Å². The number of nitrogens with one attached hydrogen (secondary N) is 1. The van der Waals surface area contributed by atoms with Crippen molar-refractivity contribution in [1.82, 2.24) is 9.78 Å². The number of hydrogen-bond donors (Lipinski definition) is 1. The van der Waals surface area contributed by atoms with Crippen molar-refractivity contribution >= 4 is 29.2 Å². The van der Waals surface area contributed by atoms with E-state index >= 15 is 0 Å². The minimum atomic E-state index is -1.09. The highest BCUT2D eigenvalue weighted by Crippen LogP contribution is 2.17. The van der Waals surface area contributed by atoms with Gasteiger partial charge in [-0.05, 0) is 31.0 Å². The summed E-state index contributed by atoms with van der Waals surface area (Å²) in [4.78, 5) is 22.1. The van der Waals surface area contributed by atoms with Gasteiger partial charge in [-0.2, -0.15) is 5.10 Å². The molecule has 0 saturated heterocycles. The molecule has 0 bridgehead atoms. The maximum absolute atomic E-state index is 11.8. The molecule has 0 unspecified atom stereocenters. The molecule has 1 heterocycles. The van der Waals surface area contributed by atoms with Gasteiger partial charge < -0.3 is 20.0 Å². The van der Waals surface area contributed by atoms with E-state index in [2.05, 4.69) is 10.4 Å². The van der Waals surface area contributed by atoms with Crippen LogP contribution in [-0.2, 0) is 16.1 Å². The molecule has 1 aromatic carbocycles. The second kappa shape index (κ2) is 8.19. The molecule has 1 N–H and O–H groups in total. The summed E-state index contributed by atoms with van der Waals surface area (Å²) in [6.07, 6.45) is 3.48. The Kier molecular flexibility index (Phi) is 5.99. The molecule has 0 fully saturated rings. The van der Waals surface area contributed by atoms with Gasteiger partial charge in [-0.15, -0.1) is 0 Å². The number of benzene rings is 1. The standard InChI is InChI=1S/C15H16ClN3O4/c16-11-3-1-4-13(7-11)23-10-14(20)18-12-8-17-19(9-12)6-2-5-15(21)22/h1,3-4,7-9H,2,5-6,10H2,(H,18,20)(H,21,22)/p-1. The predicted octanol–water partition coefficient (Wildman–Crippen LogP) is 1.08. The zero-order chi connectivity index (χ0) is 16.7. The zero-order valence-electron chi connectivity index (χ0n) is 12.2. The topological polar surface area (TPSA) is 96.3 Å². The van der Waals surface area contributed by atoms with Gasteiger partial charge in [0.15, 0.2) is 6.61 Å². The van der Waals surface area contributed by atoms with Crippen LogP contribution in [0.5, 0.6) is 5.75 Å². The molecule has 0 aliphatic rings. The Morgan fingerprint density at radius 1 is 1.39 bits per heavy atom. The molecule has 8 heteroatoms. The fraction of sp³-hybridized carbons (Fsp3) is 0.267. The van der Waals surface area contributed by atoms with Crippen LogP contribution in [-0.4, -0.2) is 28.3 Å². The van der Waals surface area contributed by atoms with Gasteiger partial charge in [0.05, 0.1) is 11.9 Å². The molecular weight excluding hydrogens is 322 g/mol. The molecule has 23 heavy (non-hydrogen) atoms. The highest BCUT2D eigenvalue weighted by molar-refractivity contribution is 6.30. The Balaban J connectivity index is 1.77. The number of hydrogen-bond acceptors (Lipinski definition) is 5. The van der Waals surface area contributed by atoms with Crippen molar-refractivity contribution in [2.24, 2.45) is 0 Å². The lowest BCUT2D eigenvalue weighted by Gasteiger charge is -2.06. The third kappa shape index (κ3) is 5.99. The minimum absolute atomic E-state index is 0.0327. The summed E-state index contributed by atoms with van der Waals surface area (Å²) < 4.78 is 6.87. The van der Waals surface area contributed by atoms with Crippen molar-refractivity contribution in [3.05, 3.63) is 41.7 Å². The van der Waals surface area contributed by atoms with Crippen LogP contribution >= 0.6 is 11.6 Å². The number of aliphatic carboxylic acids is 1. The molecular formula is C15H15ClN3O4-. The van der Waals surface area contributed by atoms with Crippen molar-refractivity contribution in [3.63, 3.8) is 0 Å². The summed E-state index contributed by atoms with van der Waals surface area (Å²) in [6.45, 7) is 0.277. The van der Waals surface area contributed by atoms with E-state index in [1.165, 1.54) is 6.20 Å². The molecule has 0 spiro atoms. The van der Waals surface area contributed by atoms with E-state index in [-0.39, 0.29) is 18.9 Å². The summed E-state index contributed by atoms with van der Waals surface area (Å²) in [5.74, 6) is -0.922. The van der Waals surface area contributed by atoms with E-state index in [0.717, 1.165) is 0 Å². The monoisotopic (exact) mass is 336 g/mol. The molecule has 2 aromatic rings. The molecule has 0 atom stereocenters. The highest BCUT2D eigenvalue weighted by atomic mass is 35.5. The molecule has 0 saturated carbocycles. The second-order valence-electron chi connectivity index (χ2n) is 4.76. The quantitative estimate of drug-likeness (QED) is 0.778. The summed E-state index contributed by atoms with van der Waals surface area (Å²) in [5.41, 5.74) is 0.512. The Morgan fingerprint density at radius 2 is 2.22 bits per heavy atom. The molecule has 2 rings (SSSR count). The van der Waals surface area contributed by atoms with Crippen molar-refractivity contribution < 1.29 is 19.4 Å². The highest BCUT2D eigenvalue weighted by Gasteiger charge is 2.06. The van der Waals surface area contributed by atoms with Crippen molar-refractivity contribution in [2.75, 3.05) is 11.9 Å². The zero-order valence-corrected chi connectivity index (χ0v) is 13.0. The third-order valence-electron chi connectivity index (χ3n) is 2.85. The minimum Gasteiger partial charge on any atom is -0.550 e. The lowest BCUT2D eigenvalue weighted by atomic mass is 10.3. The summed E-state index contributed by atoms with van der Waals surface area (Å²) in [5, 5.41) is 17.5. The van der Waals surface area contributed by atoms with Crippen LogP contribution in [0.2, 0.25) is 5.02 Å². The van der Waals surface area contributed by atoms with Crippen molar-refractivity contribution in [1.29, 1.82) is 0 Å². The number of carbonyl (C=O) groups is 2. The second-order valence-corrected chi connectivity index (χ2v) is 5.20. The number of nitrogens with zero attached hydrogens (tertiary/aromatic N) is 2. The normalized spacial score (nSPS) is 10.3. The van der Waals surface area contributed by atoms with Gasteiger partial charge in [-0.3, -0.25) is 9.48 Å². The first kappa shape index (κ1) is 16.8. The fourth-order valence-electron chi connectivity index (χ4n) is 1.84.